The fourth-order valence-corrected chi connectivity index (χ4v) is 2.73. The van der Waals surface area contributed by atoms with Gasteiger partial charge in [0.1, 0.15) is 6.33 Å². The molecule has 0 fully saturated rings. The summed E-state index contributed by atoms with van der Waals surface area (Å²) in [5.41, 5.74) is 5.20. The van der Waals surface area contributed by atoms with Crippen LogP contribution in [0, 0.1) is 6.92 Å². The number of hydrogen-bond acceptors (Lipinski definition) is 2. The lowest BCUT2D eigenvalue weighted by molar-refractivity contribution is 0.655. The van der Waals surface area contributed by atoms with Gasteiger partial charge in [-0.25, -0.2) is 0 Å². The van der Waals surface area contributed by atoms with E-state index in [0.29, 0.717) is 0 Å². The van der Waals surface area contributed by atoms with E-state index < -0.39 is 0 Å². The SMILES string of the molecule is CC.CCC1CCc2c1cc(C)c1nncn21. The first-order valence-electron chi connectivity index (χ1n) is 6.63. The molecule has 3 nitrogen and oxygen atoms in total. The third kappa shape index (κ3) is 1.84. The Hall–Kier alpha value is -1.38. The third-order valence-corrected chi connectivity index (χ3v) is 3.56. The molecule has 2 aromatic rings. The van der Waals surface area contributed by atoms with E-state index in [2.05, 4.69) is 34.5 Å². The molecule has 3 heteroatoms. The molecule has 17 heavy (non-hydrogen) atoms. The smallest absolute Gasteiger partial charge is 0.163 e. The van der Waals surface area contributed by atoms with Gasteiger partial charge in [-0.05, 0) is 43.2 Å². The molecule has 2 aromatic heterocycles. The van der Waals surface area contributed by atoms with E-state index in [1.165, 1.54) is 36.1 Å². The fourth-order valence-electron chi connectivity index (χ4n) is 2.73. The van der Waals surface area contributed by atoms with Crippen molar-refractivity contribution in [2.75, 3.05) is 0 Å². The number of rotatable bonds is 1. The van der Waals surface area contributed by atoms with Crippen molar-refractivity contribution in [3.8, 4) is 0 Å². The summed E-state index contributed by atoms with van der Waals surface area (Å²) in [5, 5.41) is 8.16. The van der Waals surface area contributed by atoms with Crippen molar-refractivity contribution in [2.24, 2.45) is 0 Å². The second kappa shape index (κ2) is 4.86. The van der Waals surface area contributed by atoms with Crippen LogP contribution >= 0.6 is 0 Å². The van der Waals surface area contributed by atoms with Crippen LogP contribution < -0.4 is 0 Å². The Morgan fingerprint density at radius 1 is 1.41 bits per heavy atom. The van der Waals surface area contributed by atoms with Crippen molar-refractivity contribution >= 4 is 5.65 Å². The van der Waals surface area contributed by atoms with Crippen molar-refractivity contribution in [1.29, 1.82) is 0 Å². The summed E-state index contributed by atoms with van der Waals surface area (Å²) in [7, 11) is 0. The monoisotopic (exact) mass is 231 g/mol. The highest BCUT2D eigenvalue weighted by Gasteiger charge is 2.24. The van der Waals surface area contributed by atoms with Gasteiger partial charge in [0.2, 0.25) is 0 Å². The standard InChI is InChI=1S/C12H15N3.C2H6/c1-3-9-4-5-11-10(9)6-8(2)12-14-13-7-15(11)12;1-2/h6-7,9H,3-5H2,1-2H3;1-2H3. The molecule has 92 valence electrons. The van der Waals surface area contributed by atoms with Gasteiger partial charge >= 0.3 is 0 Å². The maximum Gasteiger partial charge on any atom is 0.163 e. The van der Waals surface area contributed by atoms with Crippen LogP contribution in [0.2, 0.25) is 0 Å². The molecule has 0 bridgehead atoms. The molecular formula is C14H21N3. The molecule has 0 radical (unpaired) electrons. The molecule has 0 amide bonds. The number of nitrogens with zero attached hydrogens (tertiary/aromatic N) is 3. The molecule has 0 aliphatic heterocycles. The highest BCUT2D eigenvalue weighted by atomic mass is 15.2. The van der Waals surface area contributed by atoms with Gasteiger partial charge in [-0.1, -0.05) is 26.8 Å². The summed E-state index contributed by atoms with van der Waals surface area (Å²) >= 11 is 0. The van der Waals surface area contributed by atoms with Crippen LogP contribution in [0.1, 0.15) is 56.4 Å². The molecule has 0 saturated heterocycles. The van der Waals surface area contributed by atoms with Gasteiger partial charge in [-0.3, -0.25) is 4.40 Å². The molecular weight excluding hydrogens is 210 g/mol. The molecule has 2 heterocycles. The average molecular weight is 231 g/mol. The molecule has 0 aromatic carbocycles. The Morgan fingerprint density at radius 3 is 2.88 bits per heavy atom. The zero-order valence-corrected chi connectivity index (χ0v) is 11.2. The minimum Gasteiger partial charge on any atom is -0.285 e. The van der Waals surface area contributed by atoms with Crippen LogP contribution in [0.15, 0.2) is 12.4 Å². The topological polar surface area (TPSA) is 30.2 Å². The summed E-state index contributed by atoms with van der Waals surface area (Å²) in [6, 6.07) is 2.31. The Labute approximate surface area is 103 Å². The lowest BCUT2D eigenvalue weighted by Crippen LogP contribution is -1.98. The average Bonchev–Trinajstić information content (AvgIpc) is 2.96. The molecule has 0 saturated carbocycles. The number of pyridine rings is 1. The zero-order valence-electron chi connectivity index (χ0n) is 11.2. The van der Waals surface area contributed by atoms with E-state index in [9.17, 15) is 0 Å². The van der Waals surface area contributed by atoms with E-state index in [4.69, 9.17) is 0 Å². The predicted molar refractivity (Wildman–Crippen MR) is 70.4 cm³/mol. The van der Waals surface area contributed by atoms with Gasteiger partial charge < -0.3 is 0 Å². The summed E-state index contributed by atoms with van der Waals surface area (Å²) in [4.78, 5) is 0. The van der Waals surface area contributed by atoms with E-state index in [1.54, 1.807) is 0 Å². The highest BCUT2D eigenvalue weighted by Crippen LogP contribution is 2.36. The number of hydrogen-bond donors (Lipinski definition) is 0. The van der Waals surface area contributed by atoms with E-state index >= 15 is 0 Å². The summed E-state index contributed by atoms with van der Waals surface area (Å²) < 4.78 is 2.17. The summed E-state index contributed by atoms with van der Waals surface area (Å²) in [6.07, 6.45) is 5.53. The molecule has 1 atom stereocenters. The van der Waals surface area contributed by atoms with Gasteiger partial charge in [-0.15, -0.1) is 10.2 Å². The summed E-state index contributed by atoms with van der Waals surface area (Å²) in [6.45, 7) is 8.39. The quantitative estimate of drug-likeness (QED) is 0.752. The first-order chi connectivity index (χ1) is 8.31. The van der Waals surface area contributed by atoms with Crippen molar-refractivity contribution in [2.45, 2.75) is 52.9 Å². The van der Waals surface area contributed by atoms with E-state index in [0.717, 1.165) is 11.6 Å². The normalized spacial score (nSPS) is 17.8. The molecule has 3 rings (SSSR count). The Kier molecular flexibility index (Phi) is 3.46. The van der Waals surface area contributed by atoms with Crippen molar-refractivity contribution in [1.82, 2.24) is 14.6 Å². The maximum atomic E-state index is 4.16. The first kappa shape index (κ1) is 12.1. The molecule has 0 spiro atoms. The van der Waals surface area contributed by atoms with Crippen molar-refractivity contribution in [3.05, 3.63) is 29.2 Å². The van der Waals surface area contributed by atoms with Gasteiger partial charge in [0.15, 0.2) is 5.65 Å². The first-order valence-corrected chi connectivity index (χ1v) is 6.63. The zero-order chi connectivity index (χ0) is 12.4. The number of aromatic nitrogens is 3. The van der Waals surface area contributed by atoms with Crippen LogP contribution in [0.5, 0.6) is 0 Å². The van der Waals surface area contributed by atoms with Crippen LogP contribution in [-0.2, 0) is 6.42 Å². The van der Waals surface area contributed by atoms with Gasteiger partial charge in [0, 0.05) is 5.69 Å². The second-order valence-corrected chi connectivity index (χ2v) is 4.40. The van der Waals surface area contributed by atoms with Crippen molar-refractivity contribution in [3.63, 3.8) is 0 Å². The minimum atomic E-state index is 0.741. The van der Waals surface area contributed by atoms with E-state index in [1.807, 2.05) is 20.2 Å². The third-order valence-electron chi connectivity index (χ3n) is 3.56. The van der Waals surface area contributed by atoms with Crippen LogP contribution in [0.4, 0.5) is 0 Å². The summed E-state index contributed by atoms with van der Waals surface area (Å²) in [5.74, 6) is 0.741. The highest BCUT2D eigenvalue weighted by molar-refractivity contribution is 5.51. The van der Waals surface area contributed by atoms with Crippen LogP contribution in [0.3, 0.4) is 0 Å². The Balaban J connectivity index is 0.000000514. The lowest BCUT2D eigenvalue weighted by Gasteiger charge is -2.10. The second-order valence-electron chi connectivity index (χ2n) is 4.40. The molecule has 0 N–H and O–H groups in total. The van der Waals surface area contributed by atoms with Gasteiger partial charge in [-0.2, -0.15) is 0 Å². The fraction of sp³-hybridized carbons (Fsp3) is 0.571. The molecule has 1 aliphatic rings. The number of aryl methyl sites for hydroxylation is 2. The van der Waals surface area contributed by atoms with Crippen LogP contribution in [0.25, 0.3) is 5.65 Å². The molecule has 1 unspecified atom stereocenters. The van der Waals surface area contributed by atoms with Gasteiger partial charge in [0.25, 0.3) is 0 Å². The maximum absolute atomic E-state index is 4.16. The number of fused-ring (bicyclic) bond motifs is 3. The van der Waals surface area contributed by atoms with Crippen molar-refractivity contribution < 1.29 is 0 Å². The van der Waals surface area contributed by atoms with Crippen LogP contribution in [-0.4, -0.2) is 14.6 Å². The lowest BCUT2D eigenvalue weighted by atomic mass is 9.99. The minimum absolute atomic E-state index is 0.741. The van der Waals surface area contributed by atoms with E-state index in [-0.39, 0.29) is 0 Å². The molecule has 1 aliphatic carbocycles. The Bertz CT molecular complexity index is 513. The largest absolute Gasteiger partial charge is 0.285 e. The Morgan fingerprint density at radius 2 is 2.18 bits per heavy atom. The van der Waals surface area contributed by atoms with Gasteiger partial charge in [0.05, 0.1) is 0 Å². The predicted octanol–water partition coefficient (Wildman–Crippen LogP) is 3.50.